The van der Waals surface area contributed by atoms with E-state index in [0.717, 1.165) is 11.3 Å². The Balaban J connectivity index is 2.00. The standard InChI is InChI=1S/C16H14N2S/c1-18-16(14-10-6-3-7-11-14)12-15(17-19-18)13-8-4-2-5-9-13/h2-12H,1H3. The molecular formula is C16H14N2S. The van der Waals surface area contributed by atoms with E-state index >= 15 is 0 Å². The Kier molecular flexibility index (Phi) is 3.38. The molecule has 1 aliphatic rings. The molecule has 2 aromatic carbocycles. The van der Waals surface area contributed by atoms with Gasteiger partial charge < -0.3 is 0 Å². The van der Waals surface area contributed by atoms with Crippen molar-refractivity contribution in [1.82, 2.24) is 4.31 Å². The van der Waals surface area contributed by atoms with Gasteiger partial charge in [-0.05, 0) is 11.6 Å². The van der Waals surface area contributed by atoms with Gasteiger partial charge in [0.15, 0.2) is 0 Å². The summed E-state index contributed by atoms with van der Waals surface area (Å²) in [4.78, 5) is 0. The van der Waals surface area contributed by atoms with Crippen LogP contribution in [0, 0.1) is 0 Å². The monoisotopic (exact) mass is 266 g/mol. The quantitative estimate of drug-likeness (QED) is 0.763. The second-order valence-electron chi connectivity index (χ2n) is 4.32. The first-order valence-electron chi connectivity index (χ1n) is 6.16. The maximum absolute atomic E-state index is 4.54. The van der Waals surface area contributed by atoms with Crippen LogP contribution in [0.15, 0.2) is 71.1 Å². The van der Waals surface area contributed by atoms with Crippen molar-refractivity contribution < 1.29 is 0 Å². The second-order valence-corrected chi connectivity index (χ2v) is 5.21. The molecule has 3 heteroatoms. The summed E-state index contributed by atoms with van der Waals surface area (Å²) < 4.78 is 6.62. The maximum Gasteiger partial charge on any atom is 0.0933 e. The van der Waals surface area contributed by atoms with Crippen molar-refractivity contribution in [3.05, 3.63) is 77.9 Å². The fourth-order valence-corrected chi connectivity index (χ4v) is 2.63. The lowest BCUT2D eigenvalue weighted by Gasteiger charge is -2.23. The molecule has 2 nitrogen and oxygen atoms in total. The molecule has 0 spiro atoms. The van der Waals surface area contributed by atoms with Gasteiger partial charge in [0.05, 0.1) is 23.5 Å². The van der Waals surface area contributed by atoms with Crippen molar-refractivity contribution in [2.45, 2.75) is 0 Å². The van der Waals surface area contributed by atoms with Gasteiger partial charge in [-0.25, -0.2) is 0 Å². The lowest BCUT2D eigenvalue weighted by atomic mass is 10.1. The van der Waals surface area contributed by atoms with Crippen molar-refractivity contribution in [3.8, 4) is 0 Å². The molecule has 3 rings (SSSR count). The molecule has 0 N–H and O–H groups in total. The van der Waals surface area contributed by atoms with E-state index in [1.54, 1.807) is 0 Å². The number of hydrogen-bond acceptors (Lipinski definition) is 3. The number of nitrogens with zero attached hydrogens (tertiary/aromatic N) is 2. The van der Waals surface area contributed by atoms with E-state index in [1.807, 2.05) is 31.3 Å². The minimum Gasteiger partial charge on any atom is -0.300 e. The molecule has 0 saturated heterocycles. The summed E-state index contributed by atoms with van der Waals surface area (Å²) in [5.74, 6) is 0. The number of hydrogen-bond donors (Lipinski definition) is 0. The zero-order chi connectivity index (χ0) is 13.1. The minimum atomic E-state index is 1.02. The van der Waals surface area contributed by atoms with Crippen molar-refractivity contribution in [1.29, 1.82) is 0 Å². The normalized spacial score (nSPS) is 14.9. The maximum atomic E-state index is 4.54. The smallest absolute Gasteiger partial charge is 0.0933 e. The van der Waals surface area contributed by atoms with Crippen LogP contribution in [0.4, 0.5) is 0 Å². The molecule has 2 aromatic rings. The first-order chi connectivity index (χ1) is 9.34. The molecule has 1 heterocycles. The molecule has 0 radical (unpaired) electrons. The summed E-state index contributed by atoms with van der Waals surface area (Å²) in [6, 6.07) is 20.7. The van der Waals surface area contributed by atoms with Crippen LogP contribution in [0.1, 0.15) is 11.1 Å². The topological polar surface area (TPSA) is 15.6 Å². The molecule has 0 aliphatic carbocycles. The third kappa shape index (κ3) is 2.56. The molecule has 0 aromatic heterocycles. The molecule has 0 saturated carbocycles. The van der Waals surface area contributed by atoms with Gasteiger partial charge in [-0.3, -0.25) is 4.31 Å². The zero-order valence-electron chi connectivity index (χ0n) is 10.7. The average molecular weight is 266 g/mol. The summed E-state index contributed by atoms with van der Waals surface area (Å²) in [6.45, 7) is 0. The lowest BCUT2D eigenvalue weighted by Crippen LogP contribution is -2.14. The Morgan fingerprint density at radius 3 is 2.05 bits per heavy atom. The highest BCUT2D eigenvalue weighted by molar-refractivity contribution is 7.96. The Morgan fingerprint density at radius 2 is 1.42 bits per heavy atom. The molecule has 0 atom stereocenters. The Morgan fingerprint density at radius 1 is 0.842 bits per heavy atom. The van der Waals surface area contributed by atoms with Gasteiger partial charge in [0.25, 0.3) is 0 Å². The molecule has 1 aliphatic heterocycles. The van der Waals surface area contributed by atoms with E-state index in [2.05, 4.69) is 51.2 Å². The van der Waals surface area contributed by atoms with Crippen LogP contribution in [0.25, 0.3) is 5.70 Å². The summed E-state index contributed by atoms with van der Waals surface area (Å²) in [5, 5.41) is 0. The molecular weight excluding hydrogens is 252 g/mol. The second kappa shape index (κ2) is 5.33. The van der Waals surface area contributed by atoms with Crippen LogP contribution in [-0.4, -0.2) is 17.1 Å². The summed E-state index contributed by atoms with van der Waals surface area (Å²) in [7, 11) is 2.04. The Bertz CT molecular complexity index is 618. The van der Waals surface area contributed by atoms with Crippen LogP contribution in [0.5, 0.6) is 0 Å². The molecule has 0 amide bonds. The molecule has 94 valence electrons. The van der Waals surface area contributed by atoms with Gasteiger partial charge in [-0.1, -0.05) is 60.7 Å². The molecule has 0 fully saturated rings. The van der Waals surface area contributed by atoms with Gasteiger partial charge in [-0.15, -0.1) is 0 Å². The SMILES string of the molecule is CN1SN=C(c2ccccc2)C=C1c1ccccc1. The molecule has 0 bridgehead atoms. The highest BCUT2D eigenvalue weighted by atomic mass is 32.2. The summed E-state index contributed by atoms with van der Waals surface area (Å²) in [6.07, 6.45) is 2.14. The van der Waals surface area contributed by atoms with Crippen LogP contribution in [0.3, 0.4) is 0 Å². The highest BCUT2D eigenvalue weighted by Gasteiger charge is 2.15. The summed E-state index contributed by atoms with van der Waals surface area (Å²) in [5.41, 5.74) is 4.55. The van der Waals surface area contributed by atoms with E-state index in [4.69, 9.17) is 0 Å². The Labute approximate surface area is 117 Å². The fourth-order valence-electron chi connectivity index (χ4n) is 2.01. The van der Waals surface area contributed by atoms with E-state index in [0.29, 0.717) is 0 Å². The summed E-state index contributed by atoms with van der Waals surface area (Å²) >= 11 is 1.48. The van der Waals surface area contributed by atoms with Crippen LogP contribution in [0.2, 0.25) is 0 Å². The van der Waals surface area contributed by atoms with Crippen molar-refractivity contribution in [2.75, 3.05) is 7.05 Å². The Hall–Kier alpha value is -2.00. The van der Waals surface area contributed by atoms with Crippen molar-refractivity contribution in [2.24, 2.45) is 4.40 Å². The third-order valence-electron chi connectivity index (χ3n) is 3.01. The average Bonchev–Trinajstić information content (AvgIpc) is 2.49. The van der Waals surface area contributed by atoms with Crippen molar-refractivity contribution in [3.63, 3.8) is 0 Å². The minimum absolute atomic E-state index is 1.02. The zero-order valence-corrected chi connectivity index (χ0v) is 11.5. The number of benzene rings is 2. The van der Waals surface area contributed by atoms with E-state index in [9.17, 15) is 0 Å². The van der Waals surface area contributed by atoms with Crippen molar-refractivity contribution >= 4 is 23.5 Å². The fraction of sp³-hybridized carbons (Fsp3) is 0.0625. The predicted octanol–water partition coefficient (Wildman–Crippen LogP) is 4.03. The molecule has 19 heavy (non-hydrogen) atoms. The van der Waals surface area contributed by atoms with E-state index < -0.39 is 0 Å². The first kappa shape index (κ1) is 12.1. The van der Waals surface area contributed by atoms with E-state index in [1.165, 1.54) is 23.4 Å². The number of rotatable bonds is 2. The van der Waals surface area contributed by atoms with Gasteiger partial charge in [0.2, 0.25) is 0 Å². The van der Waals surface area contributed by atoms with Gasteiger partial charge in [0.1, 0.15) is 0 Å². The van der Waals surface area contributed by atoms with Crippen LogP contribution >= 0.6 is 12.1 Å². The third-order valence-corrected chi connectivity index (χ3v) is 3.73. The highest BCUT2D eigenvalue weighted by Crippen LogP contribution is 2.30. The van der Waals surface area contributed by atoms with Gasteiger partial charge in [0, 0.05) is 12.6 Å². The predicted molar refractivity (Wildman–Crippen MR) is 82.8 cm³/mol. The molecule has 0 unspecified atom stereocenters. The first-order valence-corrected chi connectivity index (χ1v) is 6.89. The van der Waals surface area contributed by atoms with Gasteiger partial charge in [-0.2, -0.15) is 4.40 Å². The number of allylic oxidation sites excluding steroid dienone is 1. The van der Waals surface area contributed by atoms with E-state index in [-0.39, 0.29) is 0 Å². The van der Waals surface area contributed by atoms with Crippen LogP contribution in [-0.2, 0) is 0 Å². The van der Waals surface area contributed by atoms with Gasteiger partial charge >= 0.3 is 0 Å². The van der Waals surface area contributed by atoms with Crippen LogP contribution < -0.4 is 0 Å². The largest absolute Gasteiger partial charge is 0.300 e. The lowest BCUT2D eigenvalue weighted by molar-refractivity contribution is 0.804.